The largest absolute Gasteiger partial charge is 0.383 e. The number of aromatic nitrogens is 2. The van der Waals surface area contributed by atoms with Crippen molar-refractivity contribution in [2.24, 2.45) is 5.84 Å². The van der Waals surface area contributed by atoms with Crippen molar-refractivity contribution < 1.29 is 4.74 Å². The minimum absolute atomic E-state index is 0.0938. The maximum absolute atomic E-state index is 5.29. The lowest BCUT2D eigenvalue weighted by molar-refractivity contribution is 0.165. The third-order valence-corrected chi connectivity index (χ3v) is 1.47. The number of nitrogens with two attached hydrogens (primary N) is 1. The number of nitrogens with one attached hydrogen (secondary N) is 1. The third kappa shape index (κ3) is 2.23. The molecule has 0 radical (unpaired) electrons. The molecule has 66 valence electrons. The smallest absolute Gasteiger partial charge is 0.0880 e. The minimum Gasteiger partial charge on any atom is -0.383 e. The van der Waals surface area contributed by atoms with Crippen LogP contribution in [0, 0.1) is 0 Å². The molecule has 0 aliphatic heterocycles. The van der Waals surface area contributed by atoms with Gasteiger partial charge in [-0.05, 0) is 0 Å². The Kier molecular flexibility index (Phi) is 3.59. The molecule has 1 rings (SSSR count). The molecule has 0 fully saturated rings. The molecule has 0 bridgehead atoms. The Balaban J connectivity index is 2.66. The van der Waals surface area contributed by atoms with E-state index in [1.807, 2.05) is 0 Å². The van der Waals surface area contributed by atoms with E-state index in [4.69, 9.17) is 10.6 Å². The van der Waals surface area contributed by atoms with E-state index < -0.39 is 0 Å². The zero-order valence-corrected chi connectivity index (χ0v) is 6.90. The summed E-state index contributed by atoms with van der Waals surface area (Å²) in [4.78, 5) is 8.01. The average molecular weight is 168 g/mol. The van der Waals surface area contributed by atoms with Crippen LogP contribution in [0.3, 0.4) is 0 Å². The van der Waals surface area contributed by atoms with Gasteiger partial charge >= 0.3 is 0 Å². The fourth-order valence-corrected chi connectivity index (χ4v) is 0.876. The Morgan fingerprint density at radius 2 is 2.50 bits per heavy atom. The fourth-order valence-electron chi connectivity index (χ4n) is 0.876. The van der Waals surface area contributed by atoms with E-state index in [9.17, 15) is 0 Å². The van der Waals surface area contributed by atoms with Gasteiger partial charge in [-0.3, -0.25) is 15.8 Å². The molecule has 0 saturated heterocycles. The lowest BCUT2D eigenvalue weighted by atomic mass is 10.2. The highest BCUT2D eigenvalue weighted by Gasteiger charge is 2.09. The molecular formula is C7H12N4O. The molecule has 0 aromatic carbocycles. The van der Waals surface area contributed by atoms with Crippen molar-refractivity contribution in [3.8, 4) is 0 Å². The van der Waals surface area contributed by atoms with E-state index in [1.54, 1.807) is 25.7 Å². The molecule has 12 heavy (non-hydrogen) atoms. The van der Waals surface area contributed by atoms with Crippen LogP contribution >= 0.6 is 0 Å². The molecule has 0 amide bonds. The van der Waals surface area contributed by atoms with Crippen LogP contribution in [0.1, 0.15) is 11.7 Å². The van der Waals surface area contributed by atoms with Gasteiger partial charge < -0.3 is 4.74 Å². The first kappa shape index (κ1) is 9.05. The van der Waals surface area contributed by atoms with Gasteiger partial charge in [0.1, 0.15) is 0 Å². The van der Waals surface area contributed by atoms with E-state index in [2.05, 4.69) is 15.4 Å². The maximum atomic E-state index is 5.29. The second-order valence-corrected chi connectivity index (χ2v) is 2.30. The number of nitrogens with zero attached hydrogens (tertiary/aromatic N) is 2. The van der Waals surface area contributed by atoms with Gasteiger partial charge in [0, 0.05) is 19.5 Å². The topological polar surface area (TPSA) is 73.1 Å². The zero-order valence-electron chi connectivity index (χ0n) is 6.90. The zero-order chi connectivity index (χ0) is 8.81. The monoisotopic (exact) mass is 168 g/mol. The highest BCUT2D eigenvalue weighted by Crippen LogP contribution is 2.05. The summed E-state index contributed by atoms with van der Waals surface area (Å²) in [6.07, 6.45) is 4.89. The number of hydrogen-bond acceptors (Lipinski definition) is 5. The van der Waals surface area contributed by atoms with Gasteiger partial charge in [0.05, 0.1) is 24.5 Å². The van der Waals surface area contributed by atoms with Crippen molar-refractivity contribution in [1.29, 1.82) is 0 Å². The Morgan fingerprint density at radius 1 is 1.67 bits per heavy atom. The first-order chi connectivity index (χ1) is 5.88. The van der Waals surface area contributed by atoms with Crippen LogP contribution in [-0.4, -0.2) is 23.7 Å². The lowest BCUT2D eigenvalue weighted by Crippen LogP contribution is -2.31. The van der Waals surface area contributed by atoms with E-state index in [0.717, 1.165) is 5.69 Å². The predicted octanol–water partition coefficient (Wildman–Crippen LogP) is -0.373. The first-order valence-corrected chi connectivity index (χ1v) is 3.59. The van der Waals surface area contributed by atoms with Crippen molar-refractivity contribution in [3.63, 3.8) is 0 Å². The Morgan fingerprint density at radius 3 is 3.00 bits per heavy atom. The van der Waals surface area contributed by atoms with Crippen molar-refractivity contribution in [3.05, 3.63) is 24.3 Å². The fraction of sp³-hybridized carbons (Fsp3) is 0.429. The van der Waals surface area contributed by atoms with E-state index in [0.29, 0.717) is 6.61 Å². The summed E-state index contributed by atoms with van der Waals surface area (Å²) in [6.45, 7) is 0.481. The number of hydrogen-bond donors (Lipinski definition) is 2. The highest BCUT2D eigenvalue weighted by atomic mass is 16.5. The molecule has 5 nitrogen and oxygen atoms in total. The summed E-state index contributed by atoms with van der Waals surface area (Å²) in [5.41, 5.74) is 3.37. The summed E-state index contributed by atoms with van der Waals surface area (Å²) in [7, 11) is 1.61. The number of hydrazine groups is 1. The van der Waals surface area contributed by atoms with Crippen LogP contribution in [0.2, 0.25) is 0 Å². The first-order valence-electron chi connectivity index (χ1n) is 3.59. The van der Waals surface area contributed by atoms with Crippen molar-refractivity contribution >= 4 is 0 Å². The Hall–Kier alpha value is -1.04. The van der Waals surface area contributed by atoms with Gasteiger partial charge in [-0.25, -0.2) is 5.43 Å². The van der Waals surface area contributed by atoms with Gasteiger partial charge in [-0.15, -0.1) is 0 Å². The van der Waals surface area contributed by atoms with Gasteiger partial charge in [-0.1, -0.05) is 0 Å². The molecule has 0 saturated carbocycles. The summed E-state index contributed by atoms with van der Waals surface area (Å²) in [6, 6.07) is -0.0938. The number of ether oxygens (including phenoxy) is 1. The van der Waals surface area contributed by atoms with Crippen molar-refractivity contribution in [2.75, 3.05) is 13.7 Å². The summed E-state index contributed by atoms with van der Waals surface area (Å²) < 4.78 is 4.94. The summed E-state index contributed by atoms with van der Waals surface area (Å²) >= 11 is 0. The normalized spacial score (nSPS) is 12.8. The molecule has 1 heterocycles. The van der Waals surface area contributed by atoms with E-state index in [1.165, 1.54) is 0 Å². The molecule has 1 aromatic heterocycles. The van der Waals surface area contributed by atoms with Gasteiger partial charge in [0.15, 0.2) is 0 Å². The molecule has 3 N–H and O–H groups in total. The predicted molar refractivity (Wildman–Crippen MR) is 44.0 cm³/mol. The minimum atomic E-state index is -0.0938. The Bertz CT molecular complexity index is 216. The highest BCUT2D eigenvalue weighted by molar-refractivity contribution is 5.01. The van der Waals surface area contributed by atoms with Crippen molar-refractivity contribution in [2.45, 2.75) is 6.04 Å². The van der Waals surface area contributed by atoms with Crippen LogP contribution in [0.15, 0.2) is 18.6 Å². The average Bonchev–Trinajstić information content (AvgIpc) is 2.15. The maximum Gasteiger partial charge on any atom is 0.0880 e. The van der Waals surface area contributed by atoms with Crippen LogP contribution in [0.5, 0.6) is 0 Å². The molecule has 0 aliphatic rings. The molecule has 0 aliphatic carbocycles. The molecule has 5 heteroatoms. The molecule has 0 spiro atoms. The number of methoxy groups -OCH3 is 1. The van der Waals surface area contributed by atoms with Gasteiger partial charge in [0.25, 0.3) is 0 Å². The van der Waals surface area contributed by atoms with Gasteiger partial charge in [0.2, 0.25) is 0 Å². The lowest BCUT2D eigenvalue weighted by Gasteiger charge is -2.12. The number of rotatable bonds is 4. The summed E-state index contributed by atoms with van der Waals surface area (Å²) in [5.74, 6) is 5.29. The van der Waals surface area contributed by atoms with Crippen LogP contribution in [0.25, 0.3) is 0 Å². The standard InChI is InChI=1S/C7H12N4O/c1-12-5-7(11-8)6-4-9-2-3-10-6/h2-4,7,11H,5,8H2,1H3. The molecule has 1 atom stereocenters. The summed E-state index contributed by atoms with van der Waals surface area (Å²) in [5, 5.41) is 0. The van der Waals surface area contributed by atoms with E-state index >= 15 is 0 Å². The quantitative estimate of drug-likeness (QED) is 0.474. The van der Waals surface area contributed by atoms with Crippen molar-refractivity contribution in [1.82, 2.24) is 15.4 Å². The van der Waals surface area contributed by atoms with Gasteiger partial charge in [-0.2, -0.15) is 0 Å². The second kappa shape index (κ2) is 4.76. The second-order valence-electron chi connectivity index (χ2n) is 2.30. The molecule has 1 unspecified atom stereocenters. The van der Waals surface area contributed by atoms with Crippen LogP contribution in [0.4, 0.5) is 0 Å². The molecule has 1 aromatic rings. The van der Waals surface area contributed by atoms with E-state index in [-0.39, 0.29) is 6.04 Å². The SMILES string of the molecule is COCC(NN)c1cnccn1. The van der Waals surface area contributed by atoms with Crippen LogP contribution < -0.4 is 11.3 Å². The van der Waals surface area contributed by atoms with Crippen LogP contribution in [-0.2, 0) is 4.74 Å². The molecular weight excluding hydrogens is 156 g/mol. The Labute approximate surface area is 70.9 Å². The third-order valence-electron chi connectivity index (χ3n) is 1.47.